The Morgan fingerprint density at radius 2 is 2.09 bits per heavy atom. The average Bonchev–Trinajstić information content (AvgIpc) is 3.08. The van der Waals surface area contributed by atoms with E-state index in [4.69, 9.17) is 0 Å². The van der Waals surface area contributed by atoms with E-state index in [2.05, 4.69) is 40.3 Å². The lowest BCUT2D eigenvalue weighted by atomic mass is 9.61. The Hall–Kier alpha value is -2.10. The van der Waals surface area contributed by atoms with Crippen LogP contribution in [0, 0.1) is 5.92 Å². The molecule has 0 bridgehead atoms. The molecule has 2 atom stereocenters. The molecular formula is C19H23N3O. The maximum atomic E-state index is 12.8. The third kappa shape index (κ3) is 2.37. The van der Waals surface area contributed by atoms with Crippen LogP contribution in [0.1, 0.15) is 37.7 Å². The fraction of sp³-hybridized carbons (Fsp3) is 0.474. The molecule has 1 aliphatic carbocycles. The van der Waals surface area contributed by atoms with Crippen LogP contribution >= 0.6 is 0 Å². The van der Waals surface area contributed by atoms with Gasteiger partial charge >= 0.3 is 0 Å². The topological polar surface area (TPSA) is 38.1 Å². The predicted octanol–water partition coefficient (Wildman–Crippen LogP) is 3.20. The molecule has 4 nitrogen and oxygen atoms in total. The van der Waals surface area contributed by atoms with E-state index in [0.29, 0.717) is 18.9 Å². The van der Waals surface area contributed by atoms with Gasteiger partial charge in [-0.25, -0.2) is 0 Å². The number of fused-ring (bicyclic) bond motifs is 1. The van der Waals surface area contributed by atoms with E-state index in [9.17, 15) is 4.79 Å². The first-order chi connectivity index (χ1) is 11.3. The van der Waals surface area contributed by atoms with Crippen LogP contribution in [0.3, 0.4) is 0 Å². The second-order valence-electron chi connectivity index (χ2n) is 6.76. The van der Waals surface area contributed by atoms with Crippen molar-refractivity contribution < 1.29 is 4.79 Å². The normalized spacial score (nSPS) is 26.4. The summed E-state index contributed by atoms with van der Waals surface area (Å²) in [6.07, 6.45) is 9.08. The summed E-state index contributed by atoms with van der Waals surface area (Å²) in [7, 11) is 0. The van der Waals surface area contributed by atoms with E-state index in [-0.39, 0.29) is 11.4 Å². The smallest absolute Gasteiger partial charge is 0.225 e. The summed E-state index contributed by atoms with van der Waals surface area (Å²) in [4.78, 5) is 15.0. The summed E-state index contributed by atoms with van der Waals surface area (Å²) < 4.78 is 1.84. The first-order valence-corrected chi connectivity index (χ1v) is 8.64. The van der Waals surface area contributed by atoms with Crippen molar-refractivity contribution in [2.45, 2.75) is 44.2 Å². The zero-order chi connectivity index (χ0) is 15.7. The minimum absolute atomic E-state index is 0.0410. The van der Waals surface area contributed by atoms with Gasteiger partial charge in [0, 0.05) is 37.8 Å². The van der Waals surface area contributed by atoms with Crippen molar-refractivity contribution in [1.82, 2.24) is 14.7 Å². The Morgan fingerprint density at radius 3 is 2.83 bits per heavy atom. The van der Waals surface area contributed by atoms with Gasteiger partial charge in [-0.3, -0.25) is 9.48 Å². The molecule has 1 saturated carbocycles. The van der Waals surface area contributed by atoms with Gasteiger partial charge in [-0.05, 0) is 24.5 Å². The Morgan fingerprint density at radius 1 is 1.22 bits per heavy atom. The zero-order valence-corrected chi connectivity index (χ0v) is 13.4. The van der Waals surface area contributed by atoms with Crippen molar-refractivity contribution in [3.05, 3.63) is 54.4 Å². The lowest BCUT2D eigenvalue weighted by Crippen LogP contribution is -2.67. The largest absolute Gasteiger partial charge is 0.332 e. The Balaban J connectivity index is 1.54. The minimum Gasteiger partial charge on any atom is -0.332 e. The summed E-state index contributed by atoms with van der Waals surface area (Å²) in [5.41, 5.74) is 1.28. The van der Waals surface area contributed by atoms with E-state index in [1.165, 1.54) is 24.8 Å². The van der Waals surface area contributed by atoms with Crippen LogP contribution in [0.4, 0.5) is 0 Å². The fourth-order valence-electron chi connectivity index (χ4n) is 4.46. The van der Waals surface area contributed by atoms with Gasteiger partial charge in [-0.1, -0.05) is 43.2 Å². The number of nitrogens with zero attached hydrogens (tertiary/aromatic N) is 3. The lowest BCUT2D eigenvalue weighted by molar-refractivity contribution is -0.167. The molecule has 0 radical (unpaired) electrons. The molecule has 23 heavy (non-hydrogen) atoms. The van der Waals surface area contributed by atoms with Crippen molar-refractivity contribution in [3.63, 3.8) is 0 Å². The van der Waals surface area contributed by atoms with Crippen LogP contribution in [-0.2, 0) is 16.9 Å². The van der Waals surface area contributed by atoms with Gasteiger partial charge in [-0.2, -0.15) is 5.10 Å². The second kappa shape index (κ2) is 5.84. The molecule has 4 heteroatoms. The van der Waals surface area contributed by atoms with Gasteiger partial charge < -0.3 is 4.90 Å². The van der Waals surface area contributed by atoms with Crippen molar-refractivity contribution in [3.8, 4) is 0 Å². The molecule has 2 heterocycles. The molecule has 2 aromatic rings. The Kier molecular flexibility index (Phi) is 3.68. The highest BCUT2D eigenvalue weighted by Crippen LogP contribution is 2.53. The fourth-order valence-corrected chi connectivity index (χ4v) is 4.46. The molecule has 1 aromatic carbocycles. The van der Waals surface area contributed by atoms with Gasteiger partial charge in [0.15, 0.2) is 0 Å². The van der Waals surface area contributed by atoms with Crippen molar-refractivity contribution >= 4 is 5.91 Å². The number of hydrogen-bond donors (Lipinski definition) is 0. The van der Waals surface area contributed by atoms with Crippen LogP contribution in [0.15, 0.2) is 48.8 Å². The summed E-state index contributed by atoms with van der Waals surface area (Å²) in [6, 6.07) is 12.6. The number of amides is 1. The van der Waals surface area contributed by atoms with Crippen molar-refractivity contribution in [1.29, 1.82) is 0 Å². The minimum atomic E-state index is -0.0410. The van der Waals surface area contributed by atoms with Crippen LogP contribution in [0.5, 0.6) is 0 Å². The molecule has 2 fully saturated rings. The first kappa shape index (κ1) is 14.5. The number of carbonyl (C=O) groups is 1. The van der Waals surface area contributed by atoms with E-state index in [1.54, 1.807) is 6.20 Å². The number of aryl methyl sites for hydroxylation is 1. The van der Waals surface area contributed by atoms with Gasteiger partial charge in [0.2, 0.25) is 5.91 Å². The third-order valence-corrected chi connectivity index (χ3v) is 5.61. The number of benzene rings is 1. The van der Waals surface area contributed by atoms with Gasteiger partial charge in [0.05, 0.1) is 5.54 Å². The molecule has 1 amide bonds. The van der Waals surface area contributed by atoms with E-state index in [0.717, 1.165) is 13.0 Å². The Bertz CT molecular complexity index is 667. The standard InChI is InChI=1S/C19H23N3O/c23-18(10-14-21-13-6-12-20-21)22-15-17-9-4-5-11-19(17,22)16-7-2-1-3-8-16/h1-3,6-8,12-13,17H,4-5,9-11,14-15H2/t17-,19-/m0/s1. The first-order valence-electron chi connectivity index (χ1n) is 8.64. The van der Waals surface area contributed by atoms with Gasteiger partial charge in [0.25, 0.3) is 0 Å². The maximum absolute atomic E-state index is 12.8. The van der Waals surface area contributed by atoms with Gasteiger partial charge in [-0.15, -0.1) is 0 Å². The summed E-state index contributed by atoms with van der Waals surface area (Å²) in [5.74, 6) is 0.898. The number of rotatable bonds is 4. The molecule has 0 N–H and O–H groups in total. The van der Waals surface area contributed by atoms with Crippen LogP contribution in [-0.4, -0.2) is 27.1 Å². The number of likely N-dealkylation sites (tertiary alicyclic amines) is 1. The summed E-state index contributed by atoms with van der Waals surface area (Å²) in [5, 5.41) is 4.19. The highest BCUT2D eigenvalue weighted by molar-refractivity contribution is 5.78. The molecule has 2 aliphatic rings. The molecule has 1 aliphatic heterocycles. The maximum Gasteiger partial charge on any atom is 0.225 e. The lowest BCUT2D eigenvalue weighted by Gasteiger charge is -2.61. The SMILES string of the molecule is O=C(CCn1cccn1)N1C[C@@H]2CCCC[C@]21c1ccccc1. The van der Waals surface area contributed by atoms with E-state index >= 15 is 0 Å². The molecule has 120 valence electrons. The van der Waals surface area contributed by atoms with Crippen molar-refractivity contribution in [2.75, 3.05) is 6.54 Å². The molecule has 4 rings (SSSR count). The molecule has 1 saturated heterocycles. The monoisotopic (exact) mass is 309 g/mol. The number of aromatic nitrogens is 2. The predicted molar refractivity (Wildman–Crippen MR) is 88.6 cm³/mol. The van der Waals surface area contributed by atoms with Crippen molar-refractivity contribution in [2.24, 2.45) is 5.92 Å². The summed E-state index contributed by atoms with van der Waals surface area (Å²) in [6.45, 7) is 1.59. The Labute approximate surface area is 137 Å². The molecule has 1 aromatic heterocycles. The molecular weight excluding hydrogens is 286 g/mol. The quantitative estimate of drug-likeness (QED) is 0.870. The second-order valence-corrected chi connectivity index (χ2v) is 6.76. The highest BCUT2D eigenvalue weighted by atomic mass is 16.2. The van der Waals surface area contributed by atoms with E-state index in [1.807, 2.05) is 16.9 Å². The highest BCUT2D eigenvalue weighted by Gasteiger charge is 2.56. The number of carbonyl (C=O) groups excluding carboxylic acids is 1. The average molecular weight is 309 g/mol. The molecule has 0 spiro atoms. The number of hydrogen-bond acceptors (Lipinski definition) is 2. The van der Waals surface area contributed by atoms with E-state index < -0.39 is 0 Å². The van der Waals surface area contributed by atoms with Crippen LogP contribution in [0.2, 0.25) is 0 Å². The third-order valence-electron chi connectivity index (χ3n) is 5.61. The molecule has 0 unspecified atom stereocenters. The van der Waals surface area contributed by atoms with Gasteiger partial charge in [0.1, 0.15) is 0 Å². The zero-order valence-electron chi connectivity index (χ0n) is 13.4. The summed E-state index contributed by atoms with van der Waals surface area (Å²) >= 11 is 0. The van der Waals surface area contributed by atoms with Crippen LogP contribution in [0.25, 0.3) is 0 Å². The van der Waals surface area contributed by atoms with Crippen LogP contribution < -0.4 is 0 Å².